The molecule has 0 spiro atoms. The molecule has 0 radical (unpaired) electrons. The van der Waals surface area contributed by atoms with Crippen molar-refractivity contribution in [3.8, 4) is 0 Å². The zero-order chi connectivity index (χ0) is 15.0. The lowest BCUT2D eigenvalue weighted by Crippen LogP contribution is -2.49. The lowest BCUT2D eigenvalue weighted by molar-refractivity contribution is -0.138. The molecular weight excluding hydrogens is 268 g/mol. The lowest BCUT2D eigenvalue weighted by atomic mass is 9.97. The number of carbonyl (C=O) groups excluding carboxylic acids is 1. The quantitative estimate of drug-likeness (QED) is 0.836. The van der Waals surface area contributed by atoms with Crippen LogP contribution >= 0.6 is 0 Å². The molecule has 0 aliphatic carbocycles. The molecule has 2 aromatic rings. The number of piperidine rings is 1. The molecular formula is C15H20N4O2. The van der Waals surface area contributed by atoms with Crippen molar-refractivity contribution in [3.05, 3.63) is 35.0 Å². The summed E-state index contributed by atoms with van der Waals surface area (Å²) in [5.41, 5.74) is 0.464. The van der Waals surface area contributed by atoms with Gasteiger partial charge in [0, 0.05) is 18.3 Å². The Bertz CT molecular complexity index is 708. The summed E-state index contributed by atoms with van der Waals surface area (Å²) in [7, 11) is 0. The smallest absolute Gasteiger partial charge is 0.336 e. The van der Waals surface area contributed by atoms with Gasteiger partial charge in [0.05, 0.1) is 11.7 Å². The highest BCUT2D eigenvalue weighted by molar-refractivity contribution is 5.76. The molecule has 3 heterocycles. The number of hydrogen-bond acceptors (Lipinski definition) is 3. The van der Waals surface area contributed by atoms with Crippen molar-refractivity contribution >= 4 is 11.4 Å². The third-order valence-electron chi connectivity index (χ3n) is 4.30. The average molecular weight is 288 g/mol. The van der Waals surface area contributed by atoms with Gasteiger partial charge in [0.2, 0.25) is 5.91 Å². The predicted octanol–water partition coefficient (Wildman–Crippen LogP) is 1.29. The number of rotatable bonds is 2. The molecule has 0 bridgehead atoms. The predicted molar refractivity (Wildman–Crippen MR) is 79.1 cm³/mol. The molecule has 3 rings (SSSR count). The molecule has 1 aliphatic rings. The number of hydrogen-bond donors (Lipinski definition) is 0. The van der Waals surface area contributed by atoms with Crippen LogP contribution in [0.2, 0.25) is 0 Å². The van der Waals surface area contributed by atoms with E-state index in [4.69, 9.17) is 0 Å². The van der Waals surface area contributed by atoms with Crippen molar-refractivity contribution in [1.82, 2.24) is 19.1 Å². The van der Waals surface area contributed by atoms with E-state index in [2.05, 4.69) is 18.9 Å². The number of amides is 1. The van der Waals surface area contributed by atoms with E-state index in [0.717, 1.165) is 24.8 Å². The molecule has 112 valence electrons. The number of fused-ring (bicyclic) bond motifs is 1. The Labute approximate surface area is 123 Å². The van der Waals surface area contributed by atoms with Crippen molar-refractivity contribution in [3.63, 3.8) is 0 Å². The summed E-state index contributed by atoms with van der Waals surface area (Å²) < 4.78 is 2.74. The number of aromatic nitrogens is 3. The Morgan fingerprint density at radius 3 is 2.76 bits per heavy atom. The molecule has 0 saturated carbocycles. The van der Waals surface area contributed by atoms with Crippen LogP contribution in [0.1, 0.15) is 33.1 Å². The van der Waals surface area contributed by atoms with Gasteiger partial charge in [-0.2, -0.15) is 5.10 Å². The minimum atomic E-state index is -0.275. The molecule has 2 aromatic heterocycles. The van der Waals surface area contributed by atoms with Gasteiger partial charge in [0.25, 0.3) is 0 Å². The minimum Gasteiger partial charge on any atom is -0.336 e. The Morgan fingerprint density at radius 2 is 2.05 bits per heavy atom. The summed E-state index contributed by atoms with van der Waals surface area (Å²) in [4.78, 5) is 26.7. The second-order valence-corrected chi connectivity index (χ2v) is 5.82. The average Bonchev–Trinajstić information content (AvgIpc) is 2.91. The monoisotopic (exact) mass is 288 g/mol. The van der Waals surface area contributed by atoms with Crippen LogP contribution in [-0.2, 0) is 11.3 Å². The summed E-state index contributed by atoms with van der Waals surface area (Å²) in [6, 6.07) is 4.06. The molecule has 6 heteroatoms. The number of likely N-dealkylation sites (tertiary alicyclic amines) is 1. The first-order valence-corrected chi connectivity index (χ1v) is 7.42. The van der Waals surface area contributed by atoms with Gasteiger partial charge in [0.1, 0.15) is 6.54 Å². The van der Waals surface area contributed by atoms with Crippen LogP contribution in [0.3, 0.4) is 0 Å². The highest BCUT2D eigenvalue weighted by Gasteiger charge is 2.29. The van der Waals surface area contributed by atoms with Crippen LogP contribution < -0.4 is 5.69 Å². The standard InChI is InChI=1S/C15H20N4O2/c1-11-5-3-6-12(2)19(11)14(20)10-18-15(21)17-8-4-7-13(17)9-16-18/h4,7-9,11-12H,3,5-6,10H2,1-2H3/t11-,12-/m1/s1. The van der Waals surface area contributed by atoms with Gasteiger partial charge in [-0.3, -0.25) is 9.20 Å². The lowest BCUT2D eigenvalue weighted by Gasteiger charge is -2.39. The third kappa shape index (κ3) is 2.46. The first-order chi connectivity index (χ1) is 10.1. The minimum absolute atomic E-state index is 0.00162. The molecule has 0 aromatic carbocycles. The zero-order valence-electron chi connectivity index (χ0n) is 12.4. The topological polar surface area (TPSA) is 59.6 Å². The first-order valence-electron chi connectivity index (χ1n) is 7.42. The summed E-state index contributed by atoms with van der Waals surface area (Å²) >= 11 is 0. The Hall–Kier alpha value is -2.11. The Morgan fingerprint density at radius 1 is 1.33 bits per heavy atom. The van der Waals surface area contributed by atoms with Gasteiger partial charge in [0.15, 0.2) is 0 Å². The molecule has 21 heavy (non-hydrogen) atoms. The highest BCUT2D eigenvalue weighted by atomic mass is 16.2. The molecule has 1 aliphatic heterocycles. The van der Waals surface area contributed by atoms with E-state index in [9.17, 15) is 9.59 Å². The van der Waals surface area contributed by atoms with Crippen LogP contribution in [0, 0.1) is 0 Å². The van der Waals surface area contributed by atoms with Crippen LogP contribution in [0.4, 0.5) is 0 Å². The second-order valence-electron chi connectivity index (χ2n) is 5.82. The van der Waals surface area contributed by atoms with Crippen LogP contribution in [0.5, 0.6) is 0 Å². The van der Waals surface area contributed by atoms with Gasteiger partial charge < -0.3 is 4.90 Å². The first kappa shape index (κ1) is 13.9. The fourth-order valence-corrected chi connectivity index (χ4v) is 3.21. The Kier molecular flexibility index (Phi) is 3.53. The molecule has 1 amide bonds. The van der Waals surface area contributed by atoms with E-state index >= 15 is 0 Å². The van der Waals surface area contributed by atoms with E-state index in [-0.39, 0.29) is 30.2 Å². The highest BCUT2D eigenvalue weighted by Crippen LogP contribution is 2.22. The molecule has 2 atom stereocenters. The zero-order valence-corrected chi connectivity index (χ0v) is 12.4. The van der Waals surface area contributed by atoms with Crippen LogP contribution in [0.15, 0.2) is 29.3 Å². The maximum Gasteiger partial charge on any atom is 0.349 e. The maximum atomic E-state index is 12.5. The fourth-order valence-electron chi connectivity index (χ4n) is 3.21. The van der Waals surface area contributed by atoms with E-state index in [1.807, 2.05) is 11.0 Å². The van der Waals surface area contributed by atoms with Gasteiger partial charge >= 0.3 is 5.69 Å². The van der Waals surface area contributed by atoms with Crippen molar-refractivity contribution in [1.29, 1.82) is 0 Å². The maximum absolute atomic E-state index is 12.5. The molecule has 1 saturated heterocycles. The van der Waals surface area contributed by atoms with Crippen LogP contribution in [0.25, 0.3) is 5.52 Å². The molecule has 1 fully saturated rings. The van der Waals surface area contributed by atoms with E-state index < -0.39 is 0 Å². The van der Waals surface area contributed by atoms with E-state index in [1.54, 1.807) is 18.5 Å². The van der Waals surface area contributed by atoms with Gasteiger partial charge in [-0.25, -0.2) is 9.48 Å². The Balaban J connectivity index is 1.85. The van der Waals surface area contributed by atoms with Crippen molar-refractivity contribution in [2.45, 2.75) is 51.7 Å². The van der Waals surface area contributed by atoms with E-state index in [0.29, 0.717) is 0 Å². The number of carbonyl (C=O) groups is 1. The van der Waals surface area contributed by atoms with E-state index in [1.165, 1.54) is 9.08 Å². The van der Waals surface area contributed by atoms with Crippen molar-refractivity contribution in [2.24, 2.45) is 0 Å². The fraction of sp³-hybridized carbons (Fsp3) is 0.533. The summed E-state index contributed by atoms with van der Waals surface area (Å²) in [6.45, 7) is 4.14. The summed E-state index contributed by atoms with van der Waals surface area (Å²) in [5.74, 6) is -0.0317. The summed E-state index contributed by atoms with van der Waals surface area (Å²) in [6.07, 6.45) is 6.49. The van der Waals surface area contributed by atoms with Gasteiger partial charge in [-0.05, 0) is 45.2 Å². The largest absolute Gasteiger partial charge is 0.349 e. The van der Waals surface area contributed by atoms with Gasteiger partial charge in [-0.15, -0.1) is 0 Å². The van der Waals surface area contributed by atoms with Crippen molar-refractivity contribution in [2.75, 3.05) is 0 Å². The normalized spacial score (nSPS) is 22.7. The second kappa shape index (κ2) is 5.35. The summed E-state index contributed by atoms with van der Waals surface area (Å²) in [5, 5.41) is 4.10. The van der Waals surface area contributed by atoms with Crippen LogP contribution in [-0.4, -0.2) is 37.1 Å². The molecule has 0 N–H and O–H groups in total. The number of nitrogens with zero attached hydrogens (tertiary/aromatic N) is 4. The molecule has 0 unspecified atom stereocenters. The SMILES string of the molecule is C[C@@H]1CCC[C@@H](C)N1C(=O)Cn1ncc2cccn2c1=O. The van der Waals surface area contributed by atoms with Gasteiger partial charge in [-0.1, -0.05) is 0 Å². The third-order valence-corrected chi connectivity index (χ3v) is 4.30. The molecule has 6 nitrogen and oxygen atoms in total. The van der Waals surface area contributed by atoms with Crippen molar-refractivity contribution < 1.29 is 4.79 Å².